The Balaban J connectivity index is 2.57. The molecule has 2 rings (SSSR count). The normalized spacial score (nSPS) is 9.81. The SMILES string of the molecule is COc1ccc(C=O)nc1-c1ccccn1. The molecule has 0 aliphatic heterocycles. The fraction of sp³-hybridized carbons (Fsp3) is 0.0833. The van der Waals surface area contributed by atoms with E-state index in [-0.39, 0.29) is 0 Å². The fourth-order valence-corrected chi connectivity index (χ4v) is 1.38. The molecule has 0 atom stereocenters. The summed E-state index contributed by atoms with van der Waals surface area (Å²) in [5.74, 6) is 0.601. The van der Waals surface area contributed by atoms with Gasteiger partial charge in [0.2, 0.25) is 0 Å². The Labute approximate surface area is 92.9 Å². The van der Waals surface area contributed by atoms with Crippen LogP contribution in [0.3, 0.4) is 0 Å². The average molecular weight is 214 g/mol. The summed E-state index contributed by atoms with van der Waals surface area (Å²) in [6.45, 7) is 0. The Morgan fingerprint density at radius 3 is 2.75 bits per heavy atom. The lowest BCUT2D eigenvalue weighted by Gasteiger charge is -2.06. The van der Waals surface area contributed by atoms with Gasteiger partial charge in [-0.2, -0.15) is 0 Å². The van der Waals surface area contributed by atoms with Crippen molar-refractivity contribution >= 4 is 6.29 Å². The van der Waals surface area contributed by atoms with Crippen molar-refractivity contribution in [2.45, 2.75) is 0 Å². The number of pyridine rings is 2. The number of hydrogen-bond acceptors (Lipinski definition) is 4. The number of nitrogens with zero attached hydrogens (tertiary/aromatic N) is 2. The van der Waals surface area contributed by atoms with E-state index in [1.165, 1.54) is 0 Å². The van der Waals surface area contributed by atoms with E-state index in [0.29, 0.717) is 29.1 Å². The highest BCUT2D eigenvalue weighted by atomic mass is 16.5. The molecule has 80 valence electrons. The van der Waals surface area contributed by atoms with Crippen LogP contribution in [0.2, 0.25) is 0 Å². The molecule has 4 nitrogen and oxygen atoms in total. The van der Waals surface area contributed by atoms with E-state index in [0.717, 1.165) is 0 Å². The van der Waals surface area contributed by atoms with E-state index in [4.69, 9.17) is 4.74 Å². The molecule has 0 radical (unpaired) electrons. The summed E-state index contributed by atoms with van der Waals surface area (Å²) in [5, 5.41) is 0. The highest BCUT2D eigenvalue weighted by Crippen LogP contribution is 2.25. The molecule has 0 spiro atoms. The molecule has 16 heavy (non-hydrogen) atoms. The van der Waals surface area contributed by atoms with Gasteiger partial charge >= 0.3 is 0 Å². The van der Waals surface area contributed by atoms with Gasteiger partial charge in [0.1, 0.15) is 17.1 Å². The monoisotopic (exact) mass is 214 g/mol. The highest BCUT2D eigenvalue weighted by molar-refractivity contribution is 5.75. The van der Waals surface area contributed by atoms with Crippen LogP contribution in [0.25, 0.3) is 11.4 Å². The first-order valence-corrected chi connectivity index (χ1v) is 4.77. The van der Waals surface area contributed by atoms with Gasteiger partial charge in [-0.05, 0) is 24.3 Å². The van der Waals surface area contributed by atoms with Crippen molar-refractivity contribution in [3.05, 3.63) is 42.2 Å². The third-order valence-corrected chi connectivity index (χ3v) is 2.13. The van der Waals surface area contributed by atoms with E-state index in [1.54, 1.807) is 25.4 Å². The molecule has 0 bridgehead atoms. The summed E-state index contributed by atoms with van der Waals surface area (Å²) in [5.41, 5.74) is 1.62. The number of carbonyl (C=O) groups is 1. The Bertz CT molecular complexity index is 498. The Morgan fingerprint density at radius 2 is 2.12 bits per heavy atom. The van der Waals surface area contributed by atoms with E-state index in [2.05, 4.69) is 9.97 Å². The molecule has 2 heterocycles. The van der Waals surface area contributed by atoms with Gasteiger partial charge in [-0.3, -0.25) is 9.78 Å². The molecule has 0 aliphatic rings. The molecule has 4 heteroatoms. The molecular weight excluding hydrogens is 204 g/mol. The summed E-state index contributed by atoms with van der Waals surface area (Å²) in [4.78, 5) is 19.0. The first-order chi connectivity index (χ1) is 7.85. The molecule has 0 N–H and O–H groups in total. The number of aldehydes is 1. The third-order valence-electron chi connectivity index (χ3n) is 2.13. The van der Waals surface area contributed by atoms with Crippen LogP contribution in [0.5, 0.6) is 5.75 Å². The van der Waals surface area contributed by atoms with Gasteiger partial charge in [-0.25, -0.2) is 4.98 Å². The van der Waals surface area contributed by atoms with Crippen LogP contribution in [0.15, 0.2) is 36.5 Å². The second kappa shape index (κ2) is 4.53. The largest absolute Gasteiger partial charge is 0.494 e. The van der Waals surface area contributed by atoms with Crippen molar-refractivity contribution in [2.24, 2.45) is 0 Å². The quantitative estimate of drug-likeness (QED) is 0.733. The summed E-state index contributed by atoms with van der Waals surface area (Å²) in [6.07, 6.45) is 2.37. The number of aromatic nitrogens is 2. The van der Waals surface area contributed by atoms with Crippen LogP contribution < -0.4 is 4.74 Å². The Morgan fingerprint density at radius 1 is 1.25 bits per heavy atom. The molecule has 0 aliphatic carbocycles. The molecule has 0 saturated heterocycles. The molecule has 0 unspecified atom stereocenters. The van der Waals surface area contributed by atoms with Gasteiger partial charge in [0, 0.05) is 6.20 Å². The predicted molar refractivity (Wildman–Crippen MR) is 59.4 cm³/mol. The van der Waals surface area contributed by atoms with Crippen molar-refractivity contribution in [3.8, 4) is 17.1 Å². The minimum absolute atomic E-state index is 0.362. The zero-order valence-corrected chi connectivity index (χ0v) is 8.75. The summed E-state index contributed by atoms with van der Waals surface area (Å²) in [7, 11) is 1.56. The Hall–Kier alpha value is -2.23. The van der Waals surface area contributed by atoms with Crippen molar-refractivity contribution in [1.29, 1.82) is 0 Å². The molecule has 2 aromatic rings. The van der Waals surface area contributed by atoms with Crippen LogP contribution in [0, 0.1) is 0 Å². The summed E-state index contributed by atoms with van der Waals surface area (Å²) < 4.78 is 5.18. The maximum Gasteiger partial charge on any atom is 0.168 e. The standard InChI is InChI=1S/C12H10N2O2/c1-16-11-6-5-9(8-15)14-12(11)10-4-2-3-7-13-10/h2-8H,1H3. The minimum atomic E-state index is 0.362. The van der Waals surface area contributed by atoms with Crippen molar-refractivity contribution in [1.82, 2.24) is 9.97 Å². The zero-order chi connectivity index (χ0) is 11.4. The van der Waals surface area contributed by atoms with Crippen molar-refractivity contribution < 1.29 is 9.53 Å². The first kappa shape index (κ1) is 10.3. The van der Waals surface area contributed by atoms with E-state index in [1.807, 2.05) is 18.2 Å². The molecule has 2 aromatic heterocycles. The highest BCUT2D eigenvalue weighted by Gasteiger charge is 2.09. The van der Waals surface area contributed by atoms with E-state index >= 15 is 0 Å². The van der Waals surface area contributed by atoms with Crippen molar-refractivity contribution in [2.75, 3.05) is 7.11 Å². The number of methoxy groups -OCH3 is 1. The topological polar surface area (TPSA) is 52.1 Å². The van der Waals surface area contributed by atoms with Gasteiger partial charge in [0.15, 0.2) is 6.29 Å². The van der Waals surface area contributed by atoms with Gasteiger partial charge in [0.05, 0.1) is 12.8 Å². The molecule has 0 aromatic carbocycles. The van der Waals surface area contributed by atoms with Crippen LogP contribution in [0.1, 0.15) is 10.5 Å². The van der Waals surface area contributed by atoms with E-state index in [9.17, 15) is 4.79 Å². The van der Waals surface area contributed by atoms with E-state index < -0.39 is 0 Å². The molecule has 0 amide bonds. The molecule has 0 saturated carbocycles. The number of rotatable bonds is 3. The summed E-state index contributed by atoms with van der Waals surface area (Å²) >= 11 is 0. The van der Waals surface area contributed by atoms with Gasteiger partial charge in [0.25, 0.3) is 0 Å². The van der Waals surface area contributed by atoms with Crippen LogP contribution >= 0.6 is 0 Å². The number of carbonyl (C=O) groups excluding carboxylic acids is 1. The predicted octanol–water partition coefficient (Wildman–Crippen LogP) is 1.96. The van der Waals surface area contributed by atoms with Gasteiger partial charge in [-0.15, -0.1) is 0 Å². The second-order valence-electron chi connectivity index (χ2n) is 3.12. The zero-order valence-electron chi connectivity index (χ0n) is 8.75. The second-order valence-corrected chi connectivity index (χ2v) is 3.12. The van der Waals surface area contributed by atoms with Crippen LogP contribution in [0.4, 0.5) is 0 Å². The van der Waals surface area contributed by atoms with Gasteiger partial charge in [-0.1, -0.05) is 6.07 Å². The van der Waals surface area contributed by atoms with Gasteiger partial charge < -0.3 is 4.74 Å². The van der Waals surface area contributed by atoms with Crippen LogP contribution in [-0.4, -0.2) is 23.4 Å². The third kappa shape index (κ3) is 1.91. The lowest BCUT2D eigenvalue weighted by molar-refractivity contribution is 0.111. The number of ether oxygens (including phenoxy) is 1. The lowest BCUT2D eigenvalue weighted by atomic mass is 10.2. The smallest absolute Gasteiger partial charge is 0.168 e. The fourth-order valence-electron chi connectivity index (χ4n) is 1.38. The lowest BCUT2D eigenvalue weighted by Crippen LogP contribution is -1.96. The summed E-state index contributed by atoms with van der Waals surface area (Å²) in [6, 6.07) is 8.81. The van der Waals surface area contributed by atoms with Crippen LogP contribution in [-0.2, 0) is 0 Å². The number of hydrogen-bond donors (Lipinski definition) is 0. The molecule has 0 fully saturated rings. The maximum atomic E-state index is 10.7. The van der Waals surface area contributed by atoms with Crippen molar-refractivity contribution in [3.63, 3.8) is 0 Å². The maximum absolute atomic E-state index is 10.7. The molecular formula is C12H10N2O2. The first-order valence-electron chi connectivity index (χ1n) is 4.77. The average Bonchev–Trinajstić information content (AvgIpc) is 2.39. The minimum Gasteiger partial charge on any atom is -0.494 e. The Kier molecular flexibility index (Phi) is 2.91.